The summed E-state index contributed by atoms with van der Waals surface area (Å²) >= 11 is 0. The van der Waals surface area contributed by atoms with Crippen molar-refractivity contribution < 1.29 is 14.6 Å². The van der Waals surface area contributed by atoms with Crippen LogP contribution in [0.25, 0.3) is 0 Å². The smallest absolute Gasteiger partial charge is 0.407 e. The Morgan fingerprint density at radius 3 is 2.52 bits per heavy atom. The molecule has 0 saturated carbocycles. The lowest BCUT2D eigenvalue weighted by Crippen LogP contribution is -2.43. The van der Waals surface area contributed by atoms with Gasteiger partial charge in [0.05, 0.1) is 0 Å². The topological polar surface area (TPSA) is 58.6 Å². The quantitative estimate of drug-likeness (QED) is 0.819. The van der Waals surface area contributed by atoms with Gasteiger partial charge in [-0.1, -0.05) is 30.3 Å². The van der Waals surface area contributed by atoms with E-state index < -0.39 is 23.8 Å². The number of amides is 1. The van der Waals surface area contributed by atoms with Crippen LogP contribution in [0.4, 0.5) is 4.79 Å². The van der Waals surface area contributed by atoms with Crippen LogP contribution in [0.3, 0.4) is 0 Å². The molecule has 2 atom stereocenters. The van der Waals surface area contributed by atoms with Gasteiger partial charge in [0, 0.05) is 12.0 Å². The Morgan fingerprint density at radius 2 is 2.00 bits per heavy atom. The highest BCUT2D eigenvalue weighted by Gasteiger charge is 2.26. The number of rotatable bonds is 5. The maximum absolute atomic E-state index is 11.9. The fourth-order valence-corrected chi connectivity index (χ4v) is 1.84. The summed E-state index contributed by atoms with van der Waals surface area (Å²) < 4.78 is 5.35. The molecule has 1 rings (SSSR count). The number of benzene rings is 1. The summed E-state index contributed by atoms with van der Waals surface area (Å²) in [6.45, 7) is 5.58. The minimum absolute atomic E-state index is 0.397. The predicted molar refractivity (Wildman–Crippen MR) is 82.6 cm³/mol. The van der Waals surface area contributed by atoms with Crippen LogP contribution in [0.2, 0.25) is 0 Å². The van der Waals surface area contributed by atoms with Crippen molar-refractivity contribution >= 4 is 6.09 Å². The molecule has 0 aliphatic carbocycles. The highest BCUT2D eigenvalue weighted by atomic mass is 16.6. The van der Waals surface area contributed by atoms with Gasteiger partial charge in [0.1, 0.15) is 12.2 Å². The number of hydrogen-bond acceptors (Lipinski definition) is 3. The highest BCUT2D eigenvalue weighted by molar-refractivity contribution is 5.68. The van der Waals surface area contributed by atoms with Gasteiger partial charge in [-0.15, -0.1) is 12.3 Å². The first-order chi connectivity index (χ1) is 9.83. The number of nitrogens with one attached hydrogen (secondary N) is 1. The second kappa shape index (κ2) is 7.70. The number of ether oxygens (including phenoxy) is 1. The normalized spacial score (nSPS) is 13.9. The van der Waals surface area contributed by atoms with Crippen LogP contribution in [-0.4, -0.2) is 22.8 Å². The Kier molecular flexibility index (Phi) is 6.26. The molecule has 2 unspecified atom stereocenters. The largest absolute Gasteiger partial charge is 0.443 e. The summed E-state index contributed by atoms with van der Waals surface area (Å²) in [4.78, 5) is 11.9. The van der Waals surface area contributed by atoms with E-state index in [2.05, 4.69) is 11.2 Å². The van der Waals surface area contributed by atoms with E-state index in [0.717, 1.165) is 0 Å². The molecule has 0 aromatic heterocycles. The number of aliphatic hydroxyl groups is 1. The first-order valence-electron chi connectivity index (χ1n) is 6.99. The summed E-state index contributed by atoms with van der Waals surface area (Å²) in [7, 11) is 0. The van der Waals surface area contributed by atoms with Gasteiger partial charge < -0.3 is 15.2 Å². The van der Waals surface area contributed by atoms with Crippen molar-refractivity contribution in [2.45, 2.75) is 51.4 Å². The average Bonchev–Trinajstić information content (AvgIpc) is 2.41. The van der Waals surface area contributed by atoms with Crippen molar-refractivity contribution in [2.75, 3.05) is 0 Å². The van der Waals surface area contributed by atoms with E-state index >= 15 is 0 Å². The van der Waals surface area contributed by atoms with Gasteiger partial charge in [-0.25, -0.2) is 4.79 Å². The van der Waals surface area contributed by atoms with Crippen LogP contribution in [0, 0.1) is 12.3 Å². The third kappa shape index (κ3) is 6.33. The van der Waals surface area contributed by atoms with Crippen molar-refractivity contribution in [3.63, 3.8) is 0 Å². The Balaban J connectivity index is 2.76. The Morgan fingerprint density at radius 1 is 1.38 bits per heavy atom. The zero-order valence-corrected chi connectivity index (χ0v) is 12.8. The van der Waals surface area contributed by atoms with Crippen molar-refractivity contribution in [1.29, 1.82) is 0 Å². The maximum Gasteiger partial charge on any atom is 0.407 e. The maximum atomic E-state index is 11.9. The van der Waals surface area contributed by atoms with E-state index in [1.54, 1.807) is 12.1 Å². The number of alkyl carbamates (subject to hydrolysis) is 1. The second-order valence-electron chi connectivity index (χ2n) is 5.92. The van der Waals surface area contributed by atoms with Crippen LogP contribution in [-0.2, 0) is 4.74 Å². The Hall–Kier alpha value is -1.99. The molecule has 0 heterocycles. The Bertz CT molecular complexity index is 485. The van der Waals surface area contributed by atoms with Crippen LogP contribution < -0.4 is 5.32 Å². The SMILES string of the molecule is C#CCCC(OC(=O)NC(C)(C)C)C(O)c1ccccc1. The molecule has 4 heteroatoms. The lowest BCUT2D eigenvalue weighted by atomic mass is 10.0. The molecule has 0 saturated heterocycles. The lowest BCUT2D eigenvalue weighted by molar-refractivity contribution is -0.00419. The molecular formula is C17H23NO3. The lowest BCUT2D eigenvalue weighted by Gasteiger charge is -2.26. The average molecular weight is 289 g/mol. The van der Waals surface area contributed by atoms with Gasteiger partial charge >= 0.3 is 6.09 Å². The van der Waals surface area contributed by atoms with Crippen LogP contribution in [0.15, 0.2) is 30.3 Å². The van der Waals surface area contributed by atoms with Crippen molar-refractivity contribution in [3.05, 3.63) is 35.9 Å². The third-order valence-corrected chi connectivity index (χ3v) is 2.80. The van der Waals surface area contributed by atoms with Gasteiger partial charge in [-0.05, 0) is 32.8 Å². The second-order valence-corrected chi connectivity index (χ2v) is 5.92. The number of aliphatic hydroxyl groups excluding tert-OH is 1. The molecule has 114 valence electrons. The minimum atomic E-state index is -0.898. The molecule has 2 N–H and O–H groups in total. The van der Waals surface area contributed by atoms with E-state index in [4.69, 9.17) is 11.2 Å². The standard InChI is InChI=1S/C17H23NO3/c1-5-6-12-14(21-16(20)18-17(2,3)4)15(19)13-10-8-7-9-11-13/h1,7-11,14-15,19H,6,12H2,2-4H3,(H,18,20). The molecule has 0 aliphatic heterocycles. The molecule has 4 nitrogen and oxygen atoms in total. The molecule has 0 radical (unpaired) electrons. The molecule has 21 heavy (non-hydrogen) atoms. The fraction of sp³-hybridized carbons (Fsp3) is 0.471. The van der Waals surface area contributed by atoms with E-state index in [0.29, 0.717) is 18.4 Å². The third-order valence-electron chi connectivity index (χ3n) is 2.80. The van der Waals surface area contributed by atoms with Crippen molar-refractivity contribution in [2.24, 2.45) is 0 Å². The summed E-state index contributed by atoms with van der Waals surface area (Å²) in [6.07, 6.45) is 3.97. The number of carbonyl (C=O) groups is 1. The van der Waals surface area contributed by atoms with Crippen molar-refractivity contribution in [1.82, 2.24) is 5.32 Å². The van der Waals surface area contributed by atoms with Gasteiger partial charge in [0.25, 0.3) is 0 Å². The predicted octanol–water partition coefficient (Wildman–Crippen LogP) is 3.03. The molecule has 1 aromatic rings. The molecule has 0 bridgehead atoms. The molecule has 0 aliphatic rings. The van der Waals surface area contributed by atoms with Crippen molar-refractivity contribution in [3.8, 4) is 12.3 Å². The Labute approximate surface area is 126 Å². The first kappa shape index (κ1) is 17.1. The first-order valence-corrected chi connectivity index (χ1v) is 6.99. The minimum Gasteiger partial charge on any atom is -0.443 e. The van der Waals surface area contributed by atoms with Crippen LogP contribution in [0.1, 0.15) is 45.3 Å². The number of carbonyl (C=O) groups excluding carboxylic acids is 1. The van der Waals surface area contributed by atoms with E-state index in [9.17, 15) is 9.90 Å². The van der Waals surface area contributed by atoms with Gasteiger partial charge in [-0.2, -0.15) is 0 Å². The molecule has 0 spiro atoms. The van der Waals surface area contributed by atoms with Gasteiger partial charge in [0.2, 0.25) is 0 Å². The summed E-state index contributed by atoms with van der Waals surface area (Å²) in [5, 5.41) is 13.1. The van der Waals surface area contributed by atoms with E-state index in [1.165, 1.54) is 0 Å². The fourth-order valence-electron chi connectivity index (χ4n) is 1.84. The summed E-state index contributed by atoms with van der Waals surface area (Å²) in [5.41, 5.74) is 0.300. The van der Waals surface area contributed by atoms with E-state index in [-0.39, 0.29) is 0 Å². The molecular weight excluding hydrogens is 266 g/mol. The van der Waals surface area contributed by atoms with Gasteiger partial charge in [0.15, 0.2) is 0 Å². The zero-order chi connectivity index (χ0) is 15.9. The van der Waals surface area contributed by atoms with Crippen LogP contribution in [0.5, 0.6) is 0 Å². The zero-order valence-electron chi connectivity index (χ0n) is 12.8. The highest BCUT2D eigenvalue weighted by Crippen LogP contribution is 2.22. The van der Waals surface area contributed by atoms with E-state index in [1.807, 2.05) is 39.0 Å². The molecule has 1 aromatic carbocycles. The number of hydrogen-bond donors (Lipinski definition) is 2. The molecule has 0 fully saturated rings. The summed E-state index contributed by atoms with van der Waals surface area (Å²) in [5.74, 6) is 2.50. The monoisotopic (exact) mass is 289 g/mol. The van der Waals surface area contributed by atoms with Gasteiger partial charge in [-0.3, -0.25) is 0 Å². The number of terminal acetylenes is 1. The van der Waals surface area contributed by atoms with Crippen LogP contribution >= 0.6 is 0 Å². The molecule has 1 amide bonds. The summed E-state index contributed by atoms with van der Waals surface area (Å²) in [6, 6.07) is 9.09.